The molecular formula is C18H31IN4O3S. The van der Waals surface area contributed by atoms with Crippen molar-refractivity contribution in [1.29, 1.82) is 0 Å². The van der Waals surface area contributed by atoms with Crippen LogP contribution in [0.2, 0.25) is 0 Å². The third-order valence-electron chi connectivity index (χ3n) is 4.23. The van der Waals surface area contributed by atoms with Crippen molar-refractivity contribution in [2.24, 2.45) is 10.9 Å². The van der Waals surface area contributed by atoms with Crippen molar-refractivity contribution in [2.45, 2.75) is 24.7 Å². The van der Waals surface area contributed by atoms with Crippen LogP contribution in [-0.4, -0.2) is 66.2 Å². The van der Waals surface area contributed by atoms with Crippen molar-refractivity contribution >= 4 is 40.0 Å². The van der Waals surface area contributed by atoms with E-state index < -0.39 is 10.0 Å². The Kier molecular flexibility index (Phi) is 10.6. The molecule has 0 aromatic heterocycles. The summed E-state index contributed by atoms with van der Waals surface area (Å²) in [5, 5.41) is 3.16. The number of benzene rings is 1. The summed E-state index contributed by atoms with van der Waals surface area (Å²) in [4.78, 5) is 6.46. The van der Waals surface area contributed by atoms with E-state index in [0.29, 0.717) is 13.2 Å². The fraction of sp³-hybridized carbons (Fsp3) is 0.611. The van der Waals surface area contributed by atoms with Gasteiger partial charge in [0.05, 0.1) is 11.5 Å². The van der Waals surface area contributed by atoms with Crippen molar-refractivity contribution in [1.82, 2.24) is 14.9 Å². The highest BCUT2D eigenvalue weighted by Gasteiger charge is 2.21. The monoisotopic (exact) mass is 510 g/mol. The van der Waals surface area contributed by atoms with Gasteiger partial charge in [0, 0.05) is 40.3 Å². The number of guanidine groups is 1. The van der Waals surface area contributed by atoms with Crippen LogP contribution in [0, 0.1) is 12.8 Å². The standard InChI is InChI=1S/C18H30N4O3S.HI/c1-15-4-8-17(9-5-15)26(23,24)21-11-10-20-18(19-2)22(3)12-13-25-14-16-6-7-16;/h4-5,8-9,16,21H,6-7,10-14H2,1-3H3,(H,19,20);1H. The molecule has 1 aliphatic carbocycles. The van der Waals surface area contributed by atoms with E-state index in [0.717, 1.165) is 30.6 Å². The molecule has 1 aliphatic rings. The van der Waals surface area contributed by atoms with Gasteiger partial charge in [0.25, 0.3) is 0 Å². The molecule has 0 radical (unpaired) electrons. The van der Waals surface area contributed by atoms with E-state index in [2.05, 4.69) is 15.0 Å². The average molecular weight is 510 g/mol. The lowest BCUT2D eigenvalue weighted by Crippen LogP contribution is -2.43. The summed E-state index contributed by atoms with van der Waals surface area (Å²) < 4.78 is 32.7. The number of nitrogens with one attached hydrogen (secondary N) is 2. The smallest absolute Gasteiger partial charge is 0.240 e. The van der Waals surface area contributed by atoms with Gasteiger partial charge in [0.15, 0.2) is 5.96 Å². The third-order valence-corrected chi connectivity index (χ3v) is 5.70. The summed E-state index contributed by atoms with van der Waals surface area (Å²) in [6.45, 7) is 4.90. The first kappa shape index (κ1) is 24.1. The number of ether oxygens (including phenoxy) is 1. The molecule has 9 heteroatoms. The van der Waals surface area contributed by atoms with Gasteiger partial charge in [-0.1, -0.05) is 17.7 Å². The van der Waals surface area contributed by atoms with Crippen molar-refractivity contribution < 1.29 is 13.2 Å². The minimum Gasteiger partial charge on any atom is -0.379 e. The maximum absolute atomic E-state index is 12.2. The number of likely N-dealkylation sites (N-methyl/N-ethyl adjacent to an activating group) is 1. The number of aryl methyl sites for hydroxylation is 1. The lowest BCUT2D eigenvalue weighted by Gasteiger charge is -2.22. The molecular weight excluding hydrogens is 479 g/mol. The Morgan fingerprint density at radius 2 is 1.93 bits per heavy atom. The van der Waals surface area contributed by atoms with Gasteiger partial charge in [-0.25, -0.2) is 13.1 Å². The van der Waals surface area contributed by atoms with Crippen LogP contribution in [0.5, 0.6) is 0 Å². The van der Waals surface area contributed by atoms with E-state index in [1.165, 1.54) is 12.8 Å². The van der Waals surface area contributed by atoms with Gasteiger partial charge in [-0.3, -0.25) is 4.99 Å². The highest BCUT2D eigenvalue weighted by molar-refractivity contribution is 14.0. The highest BCUT2D eigenvalue weighted by Crippen LogP contribution is 2.28. The summed E-state index contributed by atoms with van der Waals surface area (Å²) in [5.41, 5.74) is 1.03. The molecule has 0 saturated heterocycles. The lowest BCUT2D eigenvalue weighted by atomic mass is 10.2. The molecule has 2 N–H and O–H groups in total. The van der Waals surface area contributed by atoms with Crippen molar-refractivity contribution in [3.8, 4) is 0 Å². The molecule has 1 saturated carbocycles. The second-order valence-corrected chi connectivity index (χ2v) is 8.39. The minimum atomic E-state index is -3.49. The first-order valence-electron chi connectivity index (χ1n) is 8.98. The molecule has 1 fully saturated rings. The number of halogens is 1. The van der Waals surface area contributed by atoms with Gasteiger partial charge < -0.3 is 15.0 Å². The highest BCUT2D eigenvalue weighted by atomic mass is 127. The van der Waals surface area contributed by atoms with E-state index >= 15 is 0 Å². The van der Waals surface area contributed by atoms with E-state index in [4.69, 9.17) is 4.74 Å². The Morgan fingerprint density at radius 3 is 2.52 bits per heavy atom. The predicted molar refractivity (Wildman–Crippen MR) is 119 cm³/mol. The number of sulfonamides is 1. The number of hydrogen-bond acceptors (Lipinski definition) is 4. The Morgan fingerprint density at radius 1 is 1.26 bits per heavy atom. The zero-order valence-corrected chi connectivity index (χ0v) is 19.4. The van der Waals surface area contributed by atoms with E-state index in [1.54, 1.807) is 31.3 Å². The third kappa shape index (κ3) is 8.75. The SMILES string of the molecule is CN=C(NCCNS(=O)(=O)c1ccc(C)cc1)N(C)CCOCC1CC1.I. The summed E-state index contributed by atoms with van der Waals surface area (Å²) in [6, 6.07) is 6.79. The summed E-state index contributed by atoms with van der Waals surface area (Å²) in [6.07, 6.45) is 2.58. The predicted octanol–water partition coefficient (Wildman–Crippen LogP) is 1.83. The summed E-state index contributed by atoms with van der Waals surface area (Å²) >= 11 is 0. The molecule has 0 amide bonds. The van der Waals surface area contributed by atoms with Crippen LogP contribution in [0.25, 0.3) is 0 Å². The number of rotatable bonds is 10. The van der Waals surface area contributed by atoms with Crippen molar-refractivity contribution in [3.63, 3.8) is 0 Å². The average Bonchev–Trinajstić information content (AvgIpc) is 3.43. The van der Waals surface area contributed by atoms with E-state index in [1.807, 2.05) is 18.9 Å². The zero-order valence-electron chi connectivity index (χ0n) is 16.3. The Balaban J connectivity index is 0.00000364. The van der Waals surface area contributed by atoms with Gasteiger partial charge in [0.1, 0.15) is 0 Å². The Labute approximate surface area is 180 Å². The second-order valence-electron chi connectivity index (χ2n) is 6.62. The fourth-order valence-corrected chi connectivity index (χ4v) is 3.42. The molecule has 0 bridgehead atoms. The first-order valence-corrected chi connectivity index (χ1v) is 10.5. The minimum absolute atomic E-state index is 0. The topological polar surface area (TPSA) is 83.0 Å². The Bertz CT molecular complexity index is 691. The summed E-state index contributed by atoms with van der Waals surface area (Å²) in [7, 11) is 0.160. The van der Waals surface area contributed by atoms with E-state index in [9.17, 15) is 8.42 Å². The first-order chi connectivity index (χ1) is 12.4. The summed E-state index contributed by atoms with van der Waals surface area (Å²) in [5.74, 6) is 1.48. The van der Waals surface area contributed by atoms with Crippen LogP contribution >= 0.6 is 24.0 Å². The number of aliphatic imine (C=N–C) groups is 1. The maximum atomic E-state index is 12.2. The molecule has 2 rings (SSSR count). The normalized spacial score (nSPS) is 14.6. The van der Waals surface area contributed by atoms with Crippen molar-refractivity contribution in [2.75, 3.05) is 46.9 Å². The van der Waals surface area contributed by atoms with Gasteiger partial charge in [-0.05, 0) is 37.8 Å². The van der Waals surface area contributed by atoms with Gasteiger partial charge >= 0.3 is 0 Å². The largest absolute Gasteiger partial charge is 0.379 e. The van der Waals surface area contributed by atoms with Crippen LogP contribution < -0.4 is 10.0 Å². The molecule has 0 heterocycles. The van der Waals surface area contributed by atoms with Crippen LogP contribution in [-0.2, 0) is 14.8 Å². The Hall–Kier alpha value is -0.910. The molecule has 1 aromatic carbocycles. The fourth-order valence-electron chi connectivity index (χ4n) is 2.39. The molecule has 27 heavy (non-hydrogen) atoms. The second kappa shape index (κ2) is 11.8. The van der Waals surface area contributed by atoms with Gasteiger partial charge in [-0.15, -0.1) is 24.0 Å². The molecule has 0 atom stereocenters. The van der Waals surface area contributed by atoms with Crippen LogP contribution in [0.15, 0.2) is 34.2 Å². The quantitative estimate of drug-likeness (QED) is 0.217. The van der Waals surface area contributed by atoms with Gasteiger partial charge in [0.2, 0.25) is 10.0 Å². The van der Waals surface area contributed by atoms with Crippen molar-refractivity contribution in [3.05, 3.63) is 29.8 Å². The maximum Gasteiger partial charge on any atom is 0.240 e. The molecule has 1 aromatic rings. The number of hydrogen-bond donors (Lipinski definition) is 2. The molecule has 0 unspecified atom stereocenters. The number of nitrogens with zero attached hydrogens (tertiary/aromatic N) is 2. The lowest BCUT2D eigenvalue weighted by molar-refractivity contribution is 0.115. The molecule has 7 nitrogen and oxygen atoms in total. The van der Waals surface area contributed by atoms with Crippen LogP contribution in [0.4, 0.5) is 0 Å². The molecule has 0 aliphatic heterocycles. The zero-order chi connectivity index (χ0) is 19.0. The van der Waals surface area contributed by atoms with Crippen LogP contribution in [0.1, 0.15) is 18.4 Å². The van der Waals surface area contributed by atoms with Crippen LogP contribution in [0.3, 0.4) is 0 Å². The molecule has 154 valence electrons. The molecule has 0 spiro atoms. The van der Waals surface area contributed by atoms with Gasteiger partial charge in [-0.2, -0.15) is 0 Å². The van der Waals surface area contributed by atoms with E-state index in [-0.39, 0.29) is 35.4 Å².